The largest absolute Gasteiger partial charge is 0.481 e. The topological polar surface area (TPSA) is 81.7 Å². The van der Waals surface area contributed by atoms with E-state index in [4.69, 9.17) is 5.11 Å². The highest BCUT2D eigenvalue weighted by Crippen LogP contribution is 2.19. The molecule has 3 N–H and O–H groups in total. The number of carboxylic acids is 1. The van der Waals surface area contributed by atoms with Gasteiger partial charge in [-0.1, -0.05) is 0 Å². The zero-order valence-corrected chi connectivity index (χ0v) is 10.6. The Hall–Kier alpha value is -1.14. The van der Waals surface area contributed by atoms with Gasteiger partial charge in [0.2, 0.25) is 5.91 Å². The van der Waals surface area contributed by atoms with Crippen molar-refractivity contribution >= 4 is 11.9 Å². The lowest BCUT2D eigenvalue weighted by Crippen LogP contribution is -2.59. The van der Waals surface area contributed by atoms with Gasteiger partial charge in [0.15, 0.2) is 0 Å². The zero-order valence-electron chi connectivity index (χ0n) is 10.6. The van der Waals surface area contributed by atoms with Gasteiger partial charge < -0.3 is 15.7 Å². The number of carboxylic acid groups (broad SMARTS) is 1. The van der Waals surface area contributed by atoms with Crippen LogP contribution >= 0.6 is 0 Å². The number of hydrogen-bond acceptors (Lipinski definition) is 4. The van der Waals surface area contributed by atoms with Gasteiger partial charge in [0.1, 0.15) is 6.04 Å². The van der Waals surface area contributed by atoms with Crippen LogP contribution in [0.3, 0.4) is 0 Å². The number of amides is 1. The average Bonchev–Trinajstić information content (AvgIpc) is 2.28. The summed E-state index contributed by atoms with van der Waals surface area (Å²) in [6.07, 6.45) is 0. The fourth-order valence-corrected chi connectivity index (χ4v) is 1.94. The van der Waals surface area contributed by atoms with E-state index in [0.717, 1.165) is 6.54 Å². The van der Waals surface area contributed by atoms with Gasteiger partial charge >= 0.3 is 5.97 Å². The maximum atomic E-state index is 11.7. The van der Waals surface area contributed by atoms with Crippen molar-refractivity contribution < 1.29 is 14.7 Å². The van der Waals surface area contributed by atoms with Crippen LogP contribution in [-0.2, 0) is 9.59 Å². The van der Waals surface area contributed by atoms with Crippen LogP contribution in [0, 0.1) is 5.41 Å². The second-order valence-corrected chi connectivity index (χ2v) is 4.99. The van der Waals surface area contributed by atoms with E-state index in [1.54, 1.807) is 20.9 Å². The van der Waals surface area contributed by atoms with E-state index in [1.807, 2.05) is 4.90 Å². The molecule has 0 saturated carbocycles. The second-order valence-electron chi connectivity index (χ2n) is 4.99. The van der Waals surface area contributed by atoms with E-state index in [9.17, 15) is 9.59 Å². The molecule has 0 aliphatic carbocycles. The molecule has 0 spiro atoms. The molecule has 1 atom stereocenters. The van der Waals surface area contributed by atoms with Gasteiger partial charge in [0, 0.05) is 33.2 Å². The van der Waals surface area contributed by atoms with Gasteiger partial charge in [-0.2, -0.15) is 0 Å². The first-order valence-electron chi connectivity index (χ1n) is 5.78. The summed E-state index contributed by atoms with van der Waals surface area (Å²) >= 11 is 0. The lowest BCUT2D eigenvalue weighted by atomic mass is 9.92. The average molecular weight is 243 g/mol. The highest BCUT2D eigenvalue weighted by Gasteiger charge is 2.35. The van der Waals surface area contributed by atoms with Crippen molar-refractivity contribution in [2.45, 2.75) is 19.9 Å². The predicted octanol–water partition coefficient (Wildman–Crippen LogP) is -0.883. The highest BCUT2D eigenvalue weighted by molar-refractivity contribution is 5.82. The number of piperazine rings is 1. The molecule has 0 aromatic carbocycles. The third kappa shape index (κ3) is 3.41. The molecular weight excluding hydrogens is 222 g/mol. The first-order valence-corrected chi connectivity index (χ1v) is 5.78. The fraction of sp³-hybridized carbons (Fsp3) is 0.818. The summed E-state index contributed by atoms with van der Waals surface area (Å²) in [5.74, 6) is -0.912. The van der Waals surface area contributed by atoms with Gasteiger partial charge in [-0.25, -0.2) is 0 Å². The van der Waals surface area contributed by atoms with Crippen molar-refractivity contribution in [2.75, 3.05) is 33.2 Å². The summed E-state index contributed by atoms with van der Waals surface area (Å²) in [5, 5.41) is 14.9. The van der Waals surface area contributed by atoms with E-state index in [1.165, 1.54) is 0 Å². The summed E-state index contributed by atoms with van der Waals surface area (Å²) < 4.78 is 0. The number of hydrogen-bond donors (Lipinski definition) is 3. The van der Waals surface area contributed by atoms with E-state index < -0.39 is 11.4 Å². The van der Waals surface area contributed by atoms with Crippen molar-refractivity contribution in [2.24, 2.45) is 5.41 Å². The molecule has 1 aliphatic heterocycles. The lowest BCUT2D eigenvalue weighted by molar-refractivity contribution is -0.149. The molecule has 1 fully saturated rings. The van der Waals surface area contributed by atoms with Crippen LogP contribution in [0.4, 0.5) is 0 Å². The number of carbonyl (C=O) groups excluding carboxylic acids is 1. The van der Waals surface area contributed by atoms with E-state index in [2.05, 4.69) is 10.6 Å². The van der Waals surface area contributed by atoms with Crippen molar-refractivity contribution in [3.05, 3.63) is 0 Å². The summed E-state index contributed by atoms with van der Waals surface area (Å²) in [7, 11) is 1.59. The molecule has 17 heavy (non-hydrogen) atoms. The monoisotopic (exact) mass is 243 g/mol. The molecule has 1 rings (SSSR count). The molecular formula is C11H21N3O3. The standard InChI is InChI=1S/C11H21N3O3/c1-11(2,10(16)17)7-14-5-4-13-6-8(14)9(15)12-3/h8,13H,4-7H2,1-3H3,(H,12,15)(H,16,17). The van der Waals surface area contributed by atoms with Crippen LogP contribution in [-0.4, -0.2) is 61.2 Å². The molecule has 0 aromatic rings. The first kappa shape index (κ1) is 13.9. The Kier molecular flexibility index (Phi) is 4.47. The van der Waals surface area contributed by atoms with E-state index in [-0.39, 0.29) is 11.9 Å². The van der Waals surface area contributed by atoms with E-state index in [0.29, 0.717) is 19.6 Å². The van der Waals surface area contributed by atoms with Gasteiger partial charge in [0.05, 0.1) is 5.41 Å². The summed E-state index contributed by atoms with van der Waals surface area (Å²) in [6, 6.07) is -0.285. The van der Waals surface area contributed by atoms with Gasteiger partial charge in [-0.3, -0.25) is 14.5 Å². The Morgan fingerprint density at radius 1 is 1.53 bits per heavy atom. The minimum atomic E-state index is -0.844. The Balaban J connectivity index is 2.72. The van der Waals surface area contributed by atoms with Crippen molar-refractivity contribution in [1.29, 1.82) is 0 Å². The Morgan fingerprint density at radius 3 is 2.71 bits per heavy atom. The van der Waals surface area contributed by atoms with Crippen molar-refractivity contribution in [1.82, 2.24) is 15.5 Å². The molecule has 0 radical (unpaired) electrons. The van der Waals surface area contributed by atoms with Gasteiger partial charge in [0.25, 0.3) is 0 Å². The molecule has 1 heterocycles. The minimum absolute atomic E-state index is 0.0709. The van der Waals surface area contributed by atoms with Crippen LogP contribution in [0.5, 0.6) is 0 Å². The lowest BCUT2D eigenvalue weighted by Gasteiger charge is -2.38. The predicted molar refractivity (Wildman–Crippen MR) is 63.7 cm³/mol. The third-order valence-corrected chi connectivity index (χ3v) is 3.08. The van der Waals surface area contributed by atoms with Crippen LogP contribution < -0.4 is 10.6 Å². The fourth-order valence-electron chi connectivity index (χ4n) is 1.94. The second kappa shape index (κ2) is 5.46. The number of nitrogens with one attached hydrogen (secondary N) is 2. The van der Waals surface area contributed by atoms with E-state index >= 15 is 0 Å². The SMILES string of the molecule is CNC(=O)C1CNCCN1CC(C)(C)C(=O)O. The van der Waals surface area contributed by atoms with Crippen LogP contribution in [0.2, 0.25) is 0 Å². The molecule has 6 heteroatoms. The molecule has 0 aromatic heterocycles. The maximum absolute atomic E-state index is 11.7. The summed E-state index contributed by atoms with van der Waals surface area (Å²) in [6.45, 7) is 5.77. The molecule has 1 amide bonds. The third-order valence-electron chi connectivity index (χ3n) is 3.08. The Bertz CT molecular complexity index is 304. The maximum Gasteiger partial charge on any atom is 0.310 e. The number of aliphatic carboxylic acids is 1. The number of rotatable bonds is 4. The zero-order chi connectivity index (χ0) is 13.1. The quantitative estimate of drug-likeness (QED) is 0.597. The smallest absolute Gasteiger partial charge is 0.310 e. The van der Waals surface area contributed by atoms with Crippen LogP contribution in [0.1, 0.15) is 13.8 Å². The molecule has 0 bridgehead atoms. The number of carbonyl (C=O) groups is 2. The molecule has 6 nitrogen and oxygen atoms in total. The van der Waals surface area contributed by atoms with Crippen molar-refractivity contribution in [3.8, 4) is 0 Å². The van der Waals surface area contributed by atoms with Crippen LogP contribution in [0.25, 0.3) is 0 Å². The molecule has 1 saturated heterocycles. The summed E-state index contributed by atoms with van der Waals surface area (Å²) in [5.41, 5.74) is -0.844. The van der Waals surface area contributed by atoms with Gasteiger partial charge in [-0.15, -0.1) is 0 Å². The molecule has 1 aliphatic rings. The summed E-state index contributed by atoms with van der Waals surface area (Å²) in [4.78, 5) is 24.7. The first-order chi connectivity index (χ1) is 7.88. The molecule has 98 valence electrons. The number of likely N-dealkylation sites (N-methyl/N-ethyl adjacent to an activating group) is 1. The van der Waals surface area contributed by atoms with Gasteiger partial charge in [-0.05, 0) is 13.8 Å². The minimum Gasteiger partial charge on any atom is -0.481 e. The highest BCUT2D eigenvalue weighted by atomic mass is 16.4. The van der Waals surface area contributed by atoms with Crippen molar-refractivity contribution in [3.63, 3.8) is 0 Å². The normalized spacial score (nSPS) is 22.2. The Morgan fingerprint density at radius 2 is 2.18 bits per heavy atom. The Labute approximate surface area is 101 Å². The molecule has 1 unspecified atom stereocenters. The van der Waals surface area contributed by atoms with Crippen LogP contribution in [0.15, 0.2) is 0 Å². The number of nitrogens with zero attached hydrogens (tertiary/aromatic N) is 1.